The summed E-state index contributed by atoms with van der Waals surface area (Å²) < 4.78 is 12.4. The number of aromatic nitrogens is 6. The Hall–Kier alpha value is -13.3. The van der Waals surface area contributed by atoms with Gasteiger partial charge in [0, 0.05) is 65.8 Å². The van der Waals surface area contributed by atoms with Gasteiger partial charge in [-0.15, -0.1) is 0 Å². The molecule has 524 valence electrons. The first kappa shape index (κ1) is 65.0. The Morgan fingerprint density at radius 2 is 0.509 bits per heavy atom. The third-order valence-electron chi connectivity index (χ3n) is 23.9. The summed E-state index contributed by atoms with van der Waals surface area (Å²) in [6.07, 6.45) is 12.9. The van der Waals surface area contributed by atoms with Crippen molar-refractivity contribution in [2.75, 3.05) is 0 Å². The van der Waals surface area contributed by atoms with E-state index in [9.17, 15) is 0 Å². The van der Waals surface area contributed by atoms with Crippen LogP contribution in [0.3, 0.4) is 0 Å². The van der Waals surface area contributed by atoms with Crippen molar-refractivity contribution < 1.29 is 8.83 Å². The molecule has 2 saturated carbocycles. The Bertz CT molecular complexity index is 6640. The van der Waals surface area contributed by atoms with Crippen LogP contribution >= 0.6 is 0 Å². The summed E-state index contributed by atoms with van der Waals surface area (Å²) >= 11 is 0. The quantitative estimate of drug-likeness (QED) is 0.133. The Labute approximate surface area is 638 Å². The average molecular weight is 1420 g/mol. The lowest BCUT2D eigenvalue weighted by Gasteiger charge is -2.36. The van der Waals surface area contributed by atoms with E-state index >= 15 is 0 Å². The van der Waals surface area contributed by atoms with Gasteiger partial charge in [-0.05, 0) is 187 Å². The average Bonchev–Trinajstić information content (AvgIpc) is 1.57. The van der Waals surface area contributed by atoms with Crippen LogP contribution in [0.5, 0.6) is 0 Å². The predicted octanol–water partition coefficient (Wildman–Crippen LogP) is 26.7. The molecule has 18 aromatic rings. The Morgan fingerprint density at radius 1 is 0.191 bits per heavy atom. The van der Waals surface area contributed by atoms with Gasteiger partial charge < -0.3 is 8.83 Å². The van der Waals surface area contributed by atoms with Crippen LogP contribution in [0, 0.1) is 0 Å². The van der Waals surface area contributed by atoms with Gasteiger partial charge in [-0.25, -0.2) is 29.9 Å². The lowest BCUT2D eigenvalue weighted by molar-refractivity contribution is 0.353. The van der Waals surface area contributed by atoms with Crippen LogP contribution in [0.1, 0.15) is 86.5 Å². The summed E-state index contributed by atoms with van der Waals surface area (Å²) in [6.45, 7) is 0. The zero-order chi connectivity index (χ0) is 72.7. The standard InChI is InChI=1S/2C51H37N3O/c1-3-14-33(15-4-1)48-52-49(54-50(53-48)41-22-13-25-46-47(41)40-21-6-8-24-45(40)55-46)38-19-12-18-36(31-38)34-16-11-17-35(30-34)37-26-27-44-42(32-37)39-20-5-7-23-43(39)51(44)28-9-2-10-29-51;1-3-13-33(14-4-1)48-52-49(54-50(53-48)39-24-26-47-43(32-39)41-20-6-8-22-46(41)55-47)38-18-12-17-36(30-38)34-15-11-16-35(29-34)37-23-25-45-42(31-37)40-19-5-7-21-44(40)51(45)27-9-2-10-28-51/h1,3-8,11-27,30-32H,2,9-10,28-29H2;1,3-8,11-26,29-32H,2,9-10,27-28H2. The molecule has 8 heteroatoms. The van der Waals surface area contributed by atoms with Gasteiger partial charge in [0.1, 0.15) is 22.3 Å². The Morgan fingerprint density at radius 3 is 1.01 bits per heavy atom. The normalized spacial score (nSPS) is 14.3. The molecule has 4 aliphatic rings. The highest BCUT2D eigenvalue weighted by Crippen LogP contribution is 2.58. The molecule has 4 aromatic heterocycles. The van der Waals surface area contributed by atoms with Crippen molar-refractivity contribution in [1.29, 1.82) is 0 Å². The van der Waals surface area contributed by atoms with Crippen LogP contribution < -0.4 is 0 Å². The molecular weight excluding hydrogens is 1340 g/mol. The van der Waals surface area contributed by atoms with Gasteiger partial charge in [0.25, 0.3) is 0 Å². The maximum absolute atomic E-state index is 6.24. The van der Waals surface area contributed by atoms with Gasteiger partial charge in [0.15, 0.2) is 34.9 Å². The molecule has 22 rings (SSSR count). The zero-order valence-corrected chi connectivity index (χ0v) is 60.7. The zero-order valence-electron chi connectivity index (χ0n) is 60.7. The molecule has 8 nitrogen and oxygen atoms in total. The third-order valence-corrected chi connectivity index (χ3v) is 23.9. The molecule has 0 amide bonds. The largest absolute Gasteiger partial charge is 0.456 e. The van der Waals surface area contributed by atoms with Crippen molar-refractivity contribution in [3.8, 4) is 135 Å². The van der Waals surface area contributed by atoms with E-state index in [2.05, 4.69) is 206 Å². The minimum atomic E-state index is 0.166. The van der Waals surface area contributed by atoms with Gasteiger partial charge in [0.05, 0.1) is 0 Å². The minimum Gasteiger partial charge on any atom is -0.456 e. The summed E-state index contributed by atoms with van der Waals surface area (Å²) in [4.78, 5) is 30.5. The molecule has 0 aliphatic heterocycles. The number of hydrogen-bond donors (Lipinski definition) is 0. The fraction of sp³-hybridized carbons (Fsp3) is 0.118. The number of nitrogens with zero attached hydrogens (tertiary/aromatic N) is 6. The van der Waals surface area contributed by atoms with Crippen molar-refractivity contribution in [2.45, 2.75) is 75.0 Å². The second-order valence-corrected chi connectivity index (χ2v) is 30.2. The number of rotatable bonds is 10. The predicted molar refractivity (Wildman–Crippen MR) is 447 cm³/mol. The molecule has 4 aliphatic carbocycles. The second-order valence-electron chi connectivity index (χ2n) is 30.2. The van der Waals surface area contributed by atoms with Crippen LogP contribution in [0.25, 0.3) is 179 Å². The van der Waals surface area contributed by atoms with Gasteiger partial charge in [-0.3, -0.25) is 0 Å². The molecule has 0 radical (unpaired) electrons. The fourth-order valence-electron chi connectivity index (χ4n) is 18.6. The van der Waals surface area contributed by atoms with Gasteiger partial charge in [-0.1, -0.05) is 293 Å². The molecule has 2 spiro atoms. The summed E-state index contributed by atoms with van der Waals surface area (Å²) in [5.74, 6) is 3.76. The first-order chi connectivity index (χ1) is 54.4. The minimum absolute atomic E-state index is 0.166. The topological polar surface area (TPSA) is 104 Å². The second kappa shape index (κ2) is 26.9. The summed E-state index contributed by atoms with van der Waals surface area (Å²) in [6, 6.07) is 116. The highest BCUT2D eigenvalue weighted by atomic mass is 16.3. The van der Waals surface area contributed by atoms with E-state index in [1.54, 1.807) is 0 Å². The Balaban J connectivity index is 0.000000140. The van der Waals surface area contributed by atoms with Crippen LogP contribution in [0.4, 0.5) is 0 Å². The van der Waals surface area contributed by atoms with E-state index in [0.29, 0.717) is 34.9 Å². The third kappa shape index (κ3) is 11.3. The van der Waals surface area contributed by atoms with E-state index in [0.717, 1.165) is 99.5 Å². The fourth-order valence-corrected chi connectivity index (χ4v) is 18.6. The summed E-state index contributed by atoms with van der Waals surface area (Å²) in [5.41, 5.74) is 30.4. The Kier molecular flexibility index (Phi) is 15.9. The van der Waals surface area contributed by atoms with Gasteiger partial charge in [-0.2, -0.15) is 0 Å². The van der Waals surface area contributed by atoms with Crippen molar-refractivity contribution in [2.24, 2.45) is 0 Å². The molecule has 0 unspecified atom stereocenters. The van der Waals surface area contributed by atoms with Crippen LogP contribution in [0.15, 0.2) is 336 Å². The van der Waals surface area contributed by atoms with Gasteiger partial charge >= 0.3 is 0 Å². The maximum Gasteiger partial charge on any atom is 0.164 e. The van der Waals surface area contributed by atoms with Gasteiger partial charge in [0.2, 0.25) is 0 Å². The van der Waals surface area contributed by atoms with E-state index in [-0.39, 0.29) is 10.8 Å². The number of benzene rings is 14. The maximum atomic E-state index is 6.24. The van der Waals surface area contributed by atoms with Crippen molar-refractivity contribution in [1.82, 2.24) is 29.9 Å². The smallest absolute Gasteiger partial charge is 0.164 e. The molecule has 4 heterocycles. The molecule has 0 atom stereocenters. The molecule has 0 N–H and O–H groups in total. The van der Waals surface area contributed by atoms with Crippen molar-refractivity contribution >= 4 is 43.9 Å². The molecule has 0 bridgehead atoms. The van der Waals surface area contributed by atoms with Crippen LogP contribution in [0.2, 0.25) is 0 Å². The molecule has 0 saturated heterocycles. The van der Waals surface area contributed by atoms with E-state index in [1.165, 1.54) is 131 Å². The molecular formula is C102H74N6O2. The van der Waals surface area contributed by atoms with Crippen molar-refractivity contribution in [3.05, 3.63) is 350 Å². The lowest BCUT2D eigenvalue weighted by atomic mass is 9.68. The van der Waals surface area contributed by atoms with E-state index in [4.69, 9.17) is 38.7 Å². The van der Waals surface area contributed by atoms with Crippen LogP contribution in [-0.4, -0.2) is 29.9 Å². The highest BCUT2D eigenvalue weighted by Gasteiger charge is 2.45. The molecule has 110 heavy (non-hydrogen) atoms. The number of fused-ring (bicyclic) bond motifs is 16. The number of hydrogen-bond acceptors (Lipinski definition) is 8. The number of para-hydroxylation sites is 2. The lowest BCUT2D eigenvalue weighted by Crippen LogP contribution is -2.27. The summed E-state index contributed by atoms with van der Waals surface area (Å²) in [5, 5.41) is 4.16. The van der Waals surface area contributed by atoms with Crippen molar-refractivity contribution in [3.63, 3.8) is 0 Å². The SMILES string of the molecule is c1ccc(-c2nc(-c3cccc(-c4cccc(-c5ccc6c(c5)-c5ccccc5C65CCCCC5)c4)c3)nc(-c3ccc4oc5ccccc5c4c3)n2)cc1.c1ccc(-c2nc(-c3cccc(-c4cccc(-c5ccc6c(c5)-c5ccccc5C65CCCCC5)c4)c3)nc(-c3cccc4oc5ccccc5c34)n2)cc1. The summed E-state index contributed by atoms with van der Waals surface area (Å²) in [7, 11) is 0. The highest BCUT2D eigenvalue weighted by molar-refractivity contribution is 6.12. The monoisotopic (exact) mass is 1410 g/mol. The number of furan rings is 2. The molecule has 2 fully saturated rings. The van der Waals surface area contributed by atoms with E-state index in [1.807, 2.05) is 121 Å². The van der Waals surface area contributed by atoms with E-state index < -0.39 is 0 Å². The first-order valence-corrected chi connectivity index (χ1v) is 38.8. The first-order valence-electron chi connectivity index (χ1n) is 38.8. The molecule has 14 aromatic carbocycles. The van der Waals surface area contributed by atoms with Crippen LogP contribution in [-0.2, 0) is 10.8 Å².